The van der Waals surface area contributed by atoms with Crippen LogP contribution < -0.4 is 10.6 Å². The number of hydrogen-bond acceptors (Lipinski definition) is 8. The van der Waals surface area contributed by atoms with Gasteiger partial charge in [-0.25, -0.2) is 9.78 Å². The van der Waals surface area contributed by atoms with E-state index in [2.05, 4.69) is 15.6 Å². The number of ether oxygens (including phenoxy) is 1. The third-order valence-electron chi connectivity index (χ3n) is 6.65. The predicted molar refractivity (Wildman–Crippen MR) is 156 cm³/mol. The number of aromatic nitrogens is 1. The minimum Gasteiger partial charge on any atom is -0.444 e. The Bertz CT molecular complexity index is 1170. The number of alkyl carbamates (subject to hydrolysis) is 1. The number of nitrogens with one attached hydrogen (secondary N) is 2. The van der Waals surface area contributed by atoms with Crippen molar-refractivity contribution in [1.29, 1.82) is 0 Å². The number of likely N-dealkylation sites (N-methyl/N-ethyl adjacent to an activating group) is 1. The Kier molecular flexibility index (Phi) is 10.3. The molecule has 0 spiro atoms. The predicted octanol–water partition coefficient (Wildman–Crippen LogP) is 3.35. The van der Waals surface area contributed by atoms with E-state index in [0.29, 0.717) is 6.54 Å². The Morgan fingerprint density at radius 3 is 2.35 bits per heavy atom. The van der Waals surface area contributed by atoms with Crippen LogP contribution in [0.4, 0.5) is 4.79 Å². The lowest BCUT2D eigenvalue weighted by molar-refractivity contribution is -0.141. The highest BCUT2D eigenvalue weighted by atomic mass is 32.1. The molecule has 0 radical (unpaired) electrons. The van der Waals surface area contributed by atoms with Crippen LogP contribution in [-0.4, -0.2) is 88.8 Å². The second-order valence-electron chi connectivity index (χ2n) is 12.0. The minimum atomic E-state index is -0.907. The van der Waals surface area contributed by atoms with Crippen LogP contribution >= 0.6 is 11.3 Å². The number of carbonyl (C=O) groups excluding carboxylic acids is 3. The van der Waals surface area contributed by atoms with Gasteiger partial charge in [-0.05, 0) is 58.8 Å². The zero-order chi connectivity index (χ0) is 29.8. The molecule has 11 heteroatoms. The second kappa shape index (κ2) is 13.1. The largest absolute Gasteiger partial charge is 0.444 e. The molecule has 1 aliphatic heterocycles. The van der Waals surface area contributed by atoms with E-state index in [4.69, 9.17) is 4.74 Å². The van der Waals surface area contributed by atoms with Crippen molar-refractivity contribution in [2.75, 3.05) is 27.2 Å². The standard InChI is InChI=1S/C29H43N5O5S/c1-17(2)24(32-28(38)39-29(4,5)6)27(37)34-14-21(35)13-23(34)26(36)31-22(15-33(7)8)19-9-11-20(12-10-19)25-18(3)30-16-40-25/h9-12,16-17,21-24,35H,13-15H2,1-8H3,(H,31,36)(H,32,38)/t21-,22+,23+,24+/m1/s1. The van der Waals surface area contributed by atoms with Crippen LogP contribution in [0.25, 0.3) is 10.4 Å². The SMILES string of the molecule is Cc1ncsc1-c1ccc([C@H](CN(C)C)NC(=O)[C@@H]2C[C@@H](O)CN2C(=O)[C@@H](NC(=O)OC(C)(C)C)C(C)C)cc1. The van der Waals surface area contributed by atoms with Crippen molar-refractivity contribution in [3.8, 4) is 10.4 Å². The number of aryl methyl sites for hydroxylation is 1. The summed E-state index contributed by atoms with van der Waals surface area (Å²) < 4.78 is 5.35. The van der Waals surface area contributed by atoms with Gasteiger partial charge in [0.1, 0.15) is 17.7 Å². The highest BCUT2D eigenvalue weighted by Gasteiger charge is 2.43. The van der Waals surface area contributed by atoms with Crippen LogP contribution in [0.1, 0.15) is 58.3 Å². The van der Waals surface area contributed by atoms with Gasteiger partial charge in [-0.2, -0.15) is 0 Å². The van der Waals surface area contributed by atoms with Gasteiger partial charge >= 0.3 is 6.09 Å². The van der Waals surface area contributed by atoms with Crippen molar-refractivity contribution in [2.24, 2.45) is 5.92 Å². The summed E-state index contributed by atoms with van der Waals surface area (Å²) in [5, 5.41) is 16.2. The number of β-amino-alcohol motifs (C(OH)–C–C–N with tert-alkyl or cyclic N) is 1. The molecule has 3 N–H and O–H groups in total. The molecule has 1 saturated heterocycles. The maximum absolute atomic E-state index is 13.6. The lowest BCUT2D eigenvalue weighted by atomic mass is 10.0. The van der Waals surface area contributed by atoms with Crippen LogP contribution in [0.2, 0.25) is 0 Å². The first-order chi connectivity index (χ1) is 18.7. The minimum absolute atomic E-state index is 0.0113. The van der Waals surface area contributed by atoms with Crippen LogP contribution in [0.15, 0.2) is 29.8 Å². The van der Waals surface area contributed by atoms with Gasteiger partial charge in [-0.15, -0.1) is 11.3 Å². The summed E-state index contributed by atoms with van der Waals surface area (Å²) in [5.74, 6) is -1.03. The average molecular weight is 574 g/mol. The third kappa shape index (κ3) is 8.25. The van der Waals surface area contributed by atoms with E-state index < -0.39 is 35.8 Å². The molecule has 220 valence electrons. The van der Waals surface area contributed by atoms with Gasteiger partial charge in [0.25, 0.3) is 0 Å². The Morgan fingerprint density at radius 1 is 1.18 bits per heavy atom. The fraction of sp³-hybridized carbons (Fsp3) is 0.586. The zero-order valence-corrected chi connectivity index (χ0v) is 25.5. The van der Waals surface area contributed by atoms with Crippen LogP contribution in [0.5, 0.6) is 0 Å². The monoisotopic (exact) mass is 573 g/mol. The molecule has 2 aromatic rings. The first-order valence-corrected chi connectivity index (χ1v) is 14.5. The normalized spacial score (nSPS) is 19.0. The number of carbonyl (C=O) groups is 3. The molecule has 1 aromatic carbocycles. The average Bonchev–Trinajstić information content (AvgIpc) is 3.45. The molecule has 1 aromatic heterocycles. The van der Waals surface area contributed by atoms with Crippen molar-refractivity contribution in [3.63, 3.8) is 0 Å². The number of thiazole rings is 1. The van der Waals surface area contributed by atoms with E-state index >= 15 is 0 Å². The molecule has 0 bridgehead atoms. The molecule has 0 saturated carbocycles. The van der Waals surface area contributed by atoms with Crippen molar-refractivity contribution < 1.29 is 24.2 Å². The topological polar surface area (TPSA) is 124 Å². The molecule has 4 atom stereocenters. The summed E-state index contributed by atoms with van der Waals surface area (Å²) >= 11 is 1.58. The smallest absolute Gasteiger partial charge is 0.408 e. The van der Waals surface area contributed by atoms with E-state index in [-0.39, 0.29) is 30.8 Å². The first-order valence-electron chi connectivity index (χ1n) is 13.6. The highest BCUT2D eigenvalue weighted by molar-refractivity contribution is 7.13. The molecule has 0 unspecified atom stereocenters. The van der Waals surface area contributed by atoms with E-state index in [1.165, 1.54) is 4.90 Å². The van der Waals surface area contributed by atoms with E-state index in [0.717, 1.165) is 21.7 Å². The summed E-state index contributed by atoms with van der Waals surface area (Å²) in [5.41, 5.74) is 4.06. The number of amides is 3. The van der Waals surface area contributed by atoms with E-state index in [1.807, 2.05) is 69.5 Å². The Balaban J connectivity index is 1.78. The van der Waals surface area contributed by atoms with Crippen LogP contribution in [0.3, 0.4) is 0 Å². The van der Waals surface area contributed by atoms with Gasteiger partial charge in [0.15, 0.2) is 0 Å². The van der Waals surface area contributed by atoms with Crippen molar-refractivity contribution in [1.82, 2.24) is 25.4 Å². The van der Waals surface area contributed by atoms with Gasteiger partial charge in [-0.3, -0.25) is 9.59 Å². The fourth-order valence-electron chi connectivity index (χ4n) is 4.75. The molecular weight excluding hydrogens is 530 g/mol. The number of likely N-dealkylation sites (tertiary alicyclic amines) is 1. The van der Waals surface area contributed by atoms with E-state index in [9.17, 15) is 19.5 Å². The molecule has 1 aliphatic rings. The Labute approximate surface area is 241 Å². The van der Waals surface area contributed by atoms with Gasteiger partial charge in [0.05, 0.1) is 28.2 Å². The molecule has 1 fully saturated rings. The number of aliphatic hydroxyl groups excluding tert-OH is 1. The molecule has 10 nitrogen and oxygen atoms in total. The number of hydrogen-bond donors (Lipinski definition) is 3. The second-order valence-corrected chi connectivity index (χ2v) is 12.8. The number of rotatable bonds is 9. The summed E-state index contributed by atoms with van der Waals surface area (Å²) in [4.78, 5) is 48.5. The lowest BCUT2D eigenvalue weighted by Gasteiger charge is -2.32. The molecular formula is C29H43N5O5S. The summed E-state index contributed by atoms with van der Waals surface area (Å²) in [6.07, 6.45) is -1.43. The van der Waals surface area contributed by atoms with Gasteiger partial charge < -0.3 is 30.3 Å². The van der Waals surface area contributed by atoms with Crippen molar-refractivity contribution in [3.05, 3.63) is 41.0 Å². The van der Waals surface area contributed by atoms with Crippen LogP contribution in [0, 0.1) is 12.8 Å². The van der Waals surface area contributed by atoms with Gasteiger partial charge in [-0.1, -0.05) is 38.1 Å². The maximum atomic E-state index is 13.6. The number of nitrogens with zero attached hydrogens (tertiary/aromatic N) is 3. The number of aliphatic hydroxyl groups is 1. The first kappa shape index (κ1) is 31.5. The van der Waals surface area contributed by atoms with Crippen molar-refractivity contribution >= 4 is 29.2 Å². The Hall–Kier alpha value is -3.02. The molecule has 2 heterocycles. The summed E-state index contributed by atoms with van der Waals surface area (Å²) in [7, 11) is 3.86. The maximum Gasteiger partial charge on any atom is 0.408 e. The fourth-order valence-corrected chi connectivity index (χ4v) is 5.56. The molecule has 3 amide bonds. The molecule has 40 heavy (non-hydrogen) atoms. The Morgan fingerprint density at radius 2 is 1.82 bits per heavy atom. The van der Waals surface area contributed by atoms with Gasteiger partial charge in [0, 0.05) is 19.5 Å². The van der Waals surface area contributed by atoms with Crippen molar-refractivity contribution in [2.45, 2.75) is 77.8 Å². The highest BCUT2D eigenvalue weighted by Crippen LogP contribution is 2.29. The third-order valence-corrected chi connectivity index (χ3v) is 7.63. The summed E-state index contributed by atoms with van der Waals surface area (Å²) in [6.45, 7) is 11.4. The lowest BCUT2D eigenvalue weighted by Crippen LogP contribution is -2.56. The summed E-state index contributed by atoms with van der Waals surface area (Å²) in [6, 6.07) is 5.92. The van der Waals surface area contributed by atoms with Crippen LogP contribution in [-0.2, 0) is 14.3 Å². The molecule has 0 aliphatic carbocycles. The molecule has 3 rings (SSSR count). The van der Waals surface area contributed by atoms with Gasteiger partial charge in [0.2, 0.25) is 11.8 Å². The van der Waals surface area contributed by atoms with E-state index in [1.54, 1.807) is 32.1 Å². The number of benzene rings is 1. The zero-order valence-electron chi connectivity index (χ0n) is 24.7. The quantitative estimate of drug-likeness (QED) is 0.420.